The Balaban J connectivity index is 1.97. The molecule has 0 bridgehead atoms. The summed E-state index contributed by atoms with van der Waals surface area (Å²) >= 11 is 5.23. The highest BCUT2D eigenvalue weighted by Gasteiger charge is 2.23. The summed E-state index contributed by atoms with van der Waals surface area (Å²) in [6, 6.07) is 16.6. The van der Waals surface area contributed by atoms with Crippen molar-refractivity contribution in [3.63, 3.8) is 0 Å². The molecule has 0 saturated heterocycles. The van der Waals surface area contributed by atoms with Gasteiger partial charge in [0, 0.05) is 15.9 Å². The molecule has 2 aromatic carbocycles. The zero-order valence-corrected chi connectivity index (χ0v) is 19.0. The Bertz CT molecular complexity index is 911. The Hall–Kier alpha value is -1.83. The van der Waals surface area contributed by atoms with Crippen LogP contribution in [0.2, 0.25) is 0 Å². The van der Waals surface area contributed by atoms with Crippen molar-refractivity contribution in [3.8, 4) is 11.4 Å². The summed E-state index contributed by atoms with van der Waals surface area (Å²) in [6.07, 6.45) is 0.956. The summed E-state index contributed by atoms with van der Waals surface area (Å²) in [4.78, 5) is 2.19. The van der Waals surface area contributed by atoms with Gasteiger partial charge in [-0.1, -0.05) is 46.7 Å². The van der Waals surface area contributed by atoms with Crippen molar-refractivity contribution in [3.05, 3.63) is 64.4 Å². The van der Waals surface area contributed by atoms with Gasteiger partial charge >= 0.3 is 0 Å². The van der Waals surface area contributed by atoms with E-state index in [2.05, 4.69) is 86.9 Å². The molecule has 0 aliphatic rings. The van der Waals surface area contributed by atoms with Crippen LogP contribution in [-0.4, -0.2) is 40.9 Å². The van der Waals surface area contributed by atoms with Gasteiger partial charge in [-0.15, -0.1) is 10.2 Å². The van der Waals surface area contributed by atoms with E-state index < -0.39 is 0 Å². The van der Waals surface area contributed by atoms with Gasteiger partial charge in [0.05, 0.1) is 13.2 Å². The second kappa shape index (κ2) is 9.58. The number of rotatable bonds is 8. The molecule has 7 heteroatoms. The number of hydrogen-bond donors (Lipinski definition) is 0. The number of benzene rings is 2. The number of ether oxygens (including phenoxy) is 1. The first-order chi connectivity index (χ1) is 13.5. The van der Waals surface area contributed by atoms with Crippen molar-refractivity contribution < 1.29 is 4.74 Å². The van der Waals surface area contributed by atoms with E-state index in [9.17, 15) is 0 Å². The molecule has 0 amide bonds. The van der Waals surface area contributed by atoms with Crippen LogP contribution in [0, 0.1) is 0 Å². The zero-order valence-electron chi connectivity index (χ0n) is 16.6. The van der Waals surface area contributed by atoms with E-state index in [1.807, 2.05) is 18.2 Å². The molecule has 148 valence electrons. The van der Waals surface area contributed by atoms with Crippen LogP contribution in [0.25, 0.3) is 5.69 Å². The SMILES string of the molecule is CCC(c1nnc(SCc2cccc(Br)c2)n1-c1ccc(OC)cc1)N(C)C. The van der Waals surface area contributed by atoms with Gasteiger partial charge in [0.2, 0.25) is 0 Å². The number of thioether (sulfide) groups is 1. The topological polar surface area (TPSA) is 43.2 Å². The first-order valence-corrected chi connectivity index (χ1v) is 10.9. The smallest absolute Gasteiger partial charge is 0.196 e. The molecule has 1 aromatic heterocycles. The first kappa shape index (κ1) is 20.9. The molecule has 28 heavy (non-hydrogen) atoms. The van der Waals surface area contributed by atoms with Crippen LogP contribution in [-0.2, 0) is 5.75 Å². The predicted molar refractivity (Wildman–Crippen MR) is 118 cm³/mol. The Morgan fingerprint density at radius 3 is 2.50 bits per heavy atom. The van der Waals surface area contributed by atoms with Crippen molar-refractivity contribution >= 4 is 27.7 Å². The van der Waals surface area contributed by atoms with E-state index in [1.54, 1.807) is 18.9 Å². The van der Waals surface area contributed by atoms with Crippen LogP contribution in [0.15, 0.2) is 58.2 Å². The summed E-state index contributed by atoms with van der Waals surface area (Å²) in [5, 5.41) is 9.99. The second-order valence-electron chi connectivity index (χ2n) is 6.68. The van der Waals surface area contributed by atoms with Crippen LogP contribution in [0.5, 0.6) is 5.75 Å². The maximum Gasteiger partial charge on any atom is 0.196 e. The monoisotopic (exact) mass is 460 g/mol. The van der Waals surface area contributed by atoms with Crippen molar-refractivity contribution in [2.24, 2.45) is 0 Å². The van der Waals surface area contributed by atoms with E-state index in [0.29, 0.717) is 0 Å². The number of nitrogens with zero attached hydrogens (tertiary/aromatic N) is 4. The van der Waals surface area contributed by atoms with Gasteiger partial charge in [-0.3, -0.25) is 9.47 Å². The van der Waals surface area contributed by atoms with E-state index >= 15 is 0 Å². The largest absolute Gasteiger partial charge is 0.497 e. The fraction of sp³-hybridized carbons (Fsp3) is 0.333. The summed E-state index contributed by atoms with van der Waals surface area (Å²) in [7, 11) is 5.84. The molecule has 0 fully saturated rings. The average Bonchev–Trinajstić information content (AvgIpc) is 3.10. The van der Waals surface area contributed by atoms with Gasteiger partial charge < -0.3 is 4.74 Å². The minimum absolute atomic E-state index is 0.190. The normalized spacial score (nSPS) is 12.4. The van der Waals surface area contributed by atoms with Gasteiger partial charge in [0.15, 0.2) is 11.0 Å². The quantitative estimate of drug-likeness (QED) is 0.424. The maximum atomic E-state index is 5.31. The number of halogens is 1. The van der Waals surface area contributed by atoms with Crippen molar-refractivity contribution in [1.82, 2.24) is 19.7 Å². The minimum Gasteiger partial charge on any atom is -0.497 e. The second-order valence-corrected chi connectivity index (χ2v) is 8.54. The molecule has 0 radical (unpaired) electrons. The molecule has 0 spiro atoms. The van der Waals surface area contributed by atoms with E-state index in [0.717, 1.165) is 39.1 Å². The van der Waals surface area contributed by atoms with Crippen molar-refractivity contribution in [2.75, 3.05) is 21.2 Å². The van der Waals surface area contributed by atoms with Crippen LogP contribution >= 0.6 is 27.7 Å². The molecule has 0 N–H and O–H groups in total. The van der Waals surface area contributed by atoms with Crippen LogP contribution < -0.4 is 4.74 Å². The van der Waals surface area contributed by atoms with Crippen molar-refractivity contribution in [2.45, 2.75) is 30.3 Å². The highest BCUT2D eigenvalue weighted by molar-refractivity contribution is 9.10. The summed E-state index contributed by atoms with van der Waals surface area (Å²) in [5.41, 5.74) is 2.28. The molecule has 5 nitrogen and oxygen atoms in total. The lowest BCUT2D eigenvalue weighted by molar-refractivity contribution is 0.276. The lowest BCUT2D eigenvalue weighted by atomic mass is 10.2. The molecule has 0 aliphatic heterocycles. The van der Waals surface area contributed by atoms with Gasteiger partial charge in [-0.2, -0.15) is 0 Å². The van der Waals surface area contributed by atoms with Gasteiger partial charge in [0.1, 0.15) is 5.75 Å². The third-order valence-corrected chi connectivity index (χ3v) is 6.05. The Labute approximate surface area is 179 Å². The third kappa shape index (κ3) is 4.77. The number of aromatic nitrogens is 3. The van der Waals surface area contributed by atoms with Crippen LogP contribution in [0.1, 0.15) is 30.8 Å². The lowest BCUT2D eigenvalue weighted by Crippen LogP contribution is -2.22. The molecule has 0 aliphatic carbocycles. The Kier molecular flexibility index (Phi) is 7.15. The van der Waals surface area contributed by atoms with E-state index in [1.165, 1.54) is 5.56 Å². The van der Waals surface area contributed by atoms with Crippen LogP contribution in [0.3, 0.4) is 0 Å². The summed E-state index contributed by atoms with van der Waals surface area (Å²) in [6.45, 7) is 2.17. The van der Waals surface area contributed by atoms with Crippen LogP contribution in [0.4, 0.5) is 0 Å². The lowest BCUT2D eigenvalue weighted by Gasteiger charge is -2.23. The van der Waals surface area contributed by atoms with Gasteiger partial charge in [0.25, 0.3) is 0 Å². The van der Waals surface area contributed by atoms with Crippen molar-refractivity contribution in [1.29, 1.82) is 0 Å². The first-order valence-electron chi connectivity index (χ1n) is 9.17. The molecule has 1 unspecified atom stereocenters. The molecule has 1 heterocycles. The zero-order chi connectivity index (χ0) is 20.1. The van der Waals surface area contributed by atoms with Gasteiger partial charge in [-0.25, -0.2) is 0 Å². The molecular weight excluding hydrogens is 436 g/mol. The minimum atomic E-state index is 0.190. The highest BCUT2D eigenvalue weighted by Crippen LogP contribution is 2.31. The highest BCUT2D eigenvalue weighted by atomic mass is 79.9. The molecule has 0 saturated carbocycles. The fourth-order valence-electron chi connectivity index (χ4n) is 3.12. The van der Waals surface area contributed by atoms with E-state index in [-0.39, 0.29) is 6.04 Å². The summed E-state index contributed by atoms with van der Waals surface area (Å²) in [5.74, 6) is 2.61. The third-order valence-electron chi connectivity index (χ3n) is 4.55. The van der Waals surface area contributed by atoms with Gasteiger partial charge in [-0.05, 0) is 62.5 Å². The average molecular weight is 461 g/mol. The Morgan fingerprint density at radius 2 is 1.89 bits per heavy atom. The molecule has 3 aromatic rings. The number of methoxy groups -OCH3 is 1. The number of hydrogen-bond acceptors (Lipinski definition) is 5. The molecule has 3 rings (SSSR count). The summed E-state index contributed by atoms with van der Waals surface area (Å²) < 4.78 is 8.56. The molecule has 1 atom stereocenters. The maximum absolute atomic E-state index is 5.31. The fourth-order valence-corrected chi connectivity index (χ4v) is 4.47. The van der Waals surface area contributed by atoms with E-state index in [4.69, 9.17) is 4.74 Å². The standard InChI is InChI=1S/C21H25BrN4OS/c1-5-19(25(2)3)20-23-24-21(28-14-15-7-6-8-16(22)13-15)26(20)17-9-11-18(27-4)12-10-17/h6-13,19H,5,14H2,1-4H3. The predicted octanol–water partition coefficient (Wildman–Crippen LogP) is 5.34. The molecular formula is C21H25BrN4OS. The Morgan fingerprint density at radius 1 is 1.14 bits per heavy atom.